The van der Waals surface area contributed by atoms with E-state index in [4.69, 9.17) is 0 Å². The lowest BCUT2D eigenvalue weighted by atomic mass is 10.2. The van der Waals surface area contributed by atoms with E-state index in [2.05, 4.69) is 4.98 Å². The number of nitrogens with one attached hydrogen (secondary N) is 1. The maximum atomic E-state index is 13.4. The number of rotatable bonds is 3. The quantitative estimate of drug-likeness (QED) is 0.884. The second-order valence-corrected chi connectivity index (χ2v) is 5.57. The van der Waals surface area contributed by atoms with Gasteiger partial charge < -0.3 is 0 Å². The Morgan fingerprint density at radius 2 is 1.81 bits per heavy atom. The summed E-state index contributed by atoms with van der Waals surface area (Å²) in [4.78, 5) is 3.37. The highest BCUT2D eigenvalue weighted by molar-refractivity contribution is 7.92. The Hall–Kier alpha value is -2.16. The summed E-state index contributed by atoms with van der Waals surface area (Å²) in [5.41, 5.74) is -1.36. The molecule has 0 radical (unpaired) electrons. The molecule has 1 aromatic carbocycles. The van der Waals surface area contributed by atoms with Crippen molar-refractivity contribution in [3.05, 3.63) is 54.0 Å². The summed E-state index contributed by atoms with van der Waals surface area (Å²) in [6.45, 7) is 0. The van der Waals surface area contributed by atoms with Crippen molar-refractivity contribution < 1.29 is 26.0 Å². The van der Waals surface area contributed by atoms with E-state index < -0.39 is 32.6 Å². The molecule has 0 spiro atoms. The van der Waals surface area contributed by atoms with Crippen LogP contribution in [0.1, 0.15) is 5.56 Å². The Morgan fingerprint density at radius 3 is 2.43 bits per heavy atom. The van der Waals surface area contributed by atoms with Crippen LogP contribution >= 0.6 is 0 Å². The number of nitrogens with zero attached hydrogens (tertiary/aromatic N) is 1. The number of hydrogen-bond donors (Lipinski definition) is 1. The summed E-state index contributed by atoms with van der Waals surface area (Å²) >= 11 is 0. The van der Waals surface area contributed by atoms with Crippen molar-refractivity contribution >= 4 is 15.7 Å². The highest BCUT2D eigenvalue weighted by Gasteiger charge is 2.31. The van der Waals surface area contributed by atoms with Gasteiger partial charge in [0.1, 0.15) is 0 Å². The number of sulfonamides is 1. The van der Waals surface area contributed by atoms with Crippen LogP contribution in [0.25, 0.3) is 0 Å². The summed E-state index contributed by atoms with van der Waals surface area (Å²) in [5, 5.41) is -0.887. The first-order chi connectivity index (χ1) is 9.70. The van der Waals surface area contributed by atoms with Gasteiger partial charge >= 0.3 is 6.18 Å². The highest BCUT2D eigenvalue weighted by Crippen LogP contribution is 2.31. The van der Waals surface area contributed by atoms with Crippen molar-refractivity contribution in [2.24, 2.45) is 0 Å². The summed E-state index contributed by atoms with van der Waals surface area (Å²) in [6, 6.07) is 5.63. The third kappa shape index (κ3) is 3.48. The van der Waals surface area contributed by atoms with Crippen LogP contribution in [-0.4, -0.2) is 13.4 Å². The average Bonchev–Trinajstić information content (AvgIpc) is 2.37. The number of benzene rings is 1. The Kier molecular flexibility index (Phi) is 3.86. The second kappa shape index (κ2) is 5.32. The van der Waals surface area contributed by atoms with Gasteiger partial charge in [0.15, 0.2) is 5.82 Å². The zero-order chi connectivity index (χ0) is 15.7. The standard InChI is InChI=1S/C12H8F4N2O2S/c13-10-5-2-6-17-11(10)21(19,20)18-9-4-1-3-8(7-9)12(14,15)16/h1-7,18H. The largest absolute Gasteiger partial charge is 0.416 e. The van der Waals surface area contributed by atoms with Gasteiger partial charge in [-0.1, -0.05) is 6.07 Å². The summed E-state index contributed by atoms with van der Waals surface area (Å²) < 4.78 is 76.6. The van der Waals surface area contributed by atoms with Crippen LogP contribution in [0.2, 0.25) is 0 Å². The Labute approximate surface area is 117 Å². The molecule has 0 aliphatic heterocycles. The first-order valence-electron chi connectivity index (χ1n) is 5.51. The van der Waals surface area contributed by atoms with Gasteiger partial charge in [-0.05, 0) is 30.3 Å². The van der Waals surface area contributed by atoms with Crippen molar-refractivity contribution in [1.82, 2.24) is 4.98 Å². The fourth-order valence-electron chi connectivity index (χ4n) is 1.53. The average molecular weight is 320 g/mol. The lowest BCUT2D eigenvalue weighted by Crippen LogP contribution is -2.16. The zero-order valence-corrected chi connectivity index (χ0v) is 11.0. The molecular formula is C12H8F4N2O2S. The SMILES string of the molecule is O=S(=O)(Nc1cccc(C(F)(F)F)c1)c1ncccc1F. The van der Waals surface area contributed by atoms with Crippen molar-refractivity contribution in [2.45, 2.75) is 11.2 Å². The van der Waals surface area contributed by atoms with E-state index in [0.29, 0.717) is 6.07 Å². The van der Waals surface area contributed by atoms with E-state index >= 15 is 0 Å². The Morgan fingerprint density at radius 1 is 1.10 bits per heavy atom. The number of anilines is 1. The van der Waals surface area contributed by atoms with E-state index in [1.165, 1.54) is 6.07 Å². The molecule has 1 heterocycles. The minimum Gasteiger partial charge on any atom is -0.278 e. The van der Waals surface area contributed by atoms with Crippen LogP contribution in [0.15, 0.2) is 47.6 Å². The molecule has 21 heavy (non-hydrogen) atoms. The molecule has 0 unspecified atom stereocenters. The van der Waals surface area contributed by atoms with Gasteiger partial charge in [0, 0.05) is 11.9 Å². The molecule has 0 fully saturated rings. The molecule has 0 aliphatic carbocycles. The van der Waals surface area contributed by atoms with Crippen LogP contribution in [0, 0.1) is 5.82 Å². The summed E-state index contributed by atoms with van der Waals surface area (Å²) in [5.74, 6) is -1.10. The van der Waals surface area contributed by atoms with Gasteiger partial charge in [0.05, 0.1) is 5.56 Å². The molecule has 0 saturated carbocycles. The van der Waals surface area contributed by atoms with Crippen LogP contribution in [-0.2, 0) is 16.2 Å². The minimum atomic E-state index is -4.61. The van der Waals surface area contributed by atoms with Gasteiger partial charge in [-0.3, -0.25) is 4.72 Å². The Bertz CT molecular complexity index is 760. The number of alkyl halides is 3. The van der Waals surface area contributed by atoms with E-state index in [-0.39, 0.29) is 5.69 Å². The molecule has 2 aromatic rings. The first kappa shape index (κ1) is 15.2. The van der Waals surface area contributed by atoms with E-state index in [1.54, 1.807) is 0 Å². The molecule has 0 aliphatic rings. The molecule has 4 nitrogen and oxygen atoms in total. The molecular weight excluding hydrogens is 312 g/mol. The van der Waals surface area contributed by atoms with Crippen LogP contribution in [0.3, 0.4) is 0 Å². The van der Waals surface area contributed by atoms with E-state index in [9.17, 15) is 26.0 Å². The zero-order valence-electron chi connectivity index (χ0n) is 10.2. The van der Waals surface area contributed by atoms with Gasteiger partial charge in [0.25, 0.3) is 10.0 Å². The highest BCUT2D eigenvalue weighted by atomic mass is 32.2. The number of halogens is 4. The van der Waals surface area contributed by atoms with Crippen LogP contribution < -0.4 is 4.72 Å². The maximum Gasteiger partial charge on any atom is 0.416 e. The summed E-state index contributed by atoms with van der Waals surface area (Å²) in [7, 11) is -4.41. The minimum absolute atomic E-state index is 0.338. The second-order valence-electron chi connectivity index (χ2n) is 3.97. The topological polar surface area (TPSA) is 59.1 Å². The lowest BCUT2D eigenvalue weighted by molar-refractivity contribution is -0.137. The van der Waals surface area contributed by atoms with Gasteiger partial charge in [-0.2, -0.15) is 21.6 Å². The normalized spacial score (nSPS) is 12.2. The van der Waals surface area contributed by atoms with Gasteiger partial charge in [-0.25, -0.2) is 9.37 Å². The van der Waals surface area contributed by atoms with Crippen LogP contribution in [0.5, 0.6) is 0 Å². The molecule has 1 aromatic heterocycles. The smallest absolute Gasteiger partial charge is 0.278 e. The predicted octanol–water partition coefficient (Wildman–Crippen LogP) is 3.04. The predicted molar refractivity (Wildman–Crippen MR) is 66.4 cm³/mol. The van der Waals surface area contributed by atoms with Crippen LogP contribution in [0.4, 0.5) is 23.2 Å². The lowest BCUT2D eigenvalue weighted by Gasteiger charge is -2.11. The molecule has 112 valence electrons. The molecule has 0 amide bonds. The van der Waals surface area contributed by atoms with E-state index in [0.717, 1.165) is 30.5 Å². The maximum absolute atomic E-state index is 13.4. The third-order valence-corrected chi connectivity index (χ3v) is 3.74. The third-order valence-electron chi connectivity index (χ3n) is 2.42. The molecule has 0 saturated heterocycles. The van der Waals surface area contributed by atoms with Crippen molar-refractivity contribution in [1.29, 1.82) is 0 Å². The fraction of sp³-hybridized carbons (Fsp3) is 0.0833. The van der Waals surface area contributed by atoms with Crippen molar-refractivity contribution in [3.63, 3.8) is 0 Å². The molecule has 9 heteroatoms. The summed E-state index contributed by atoms with van der Waals surface area (Å²) in [6.07, 6.45) is -3.55. The Balaban J connectivity index is 2.36. The number of pyridine rings is 1. The molecule has 0 bridgehead atoms. The van der Waals surface area contributed by atoms with Gasteiger partial charge in [0.2, 0.25) is 5.03 Å². The molecule has 1 N–H and O–H groups in total. The number of hydrogen-bond acceptors (Lipinski definition) is 3. The van der Waals surface area contributed by atoms with Gasteiger partial charge in [-0.15, -0.1) is 0 Å². The van der Waals surface area contributed by atoms with Crippen molar-refractivity contribution in [2.75, 3.05) is 4.72 Å². The fourth-order valence-corrected chi connectivity index (χ4v) is 2.59. The number of aromatic nitrogens is 1. The molecule has 0 atom stereocenters. The van der Waals surface area contributed by atoms with E-state index in [1.807, 2.05) is 4.72 Å². The first-order valence-corrected chi connectivity index (χ1v) is 6.99. The van der Waals surface area contributed by atoms with Crippen molar-refractivity contribution in [3.8, 4) is 0 Å². The monoisotopic (exact) mass is 320 g/mol. The molecule has 2 rings (SSSR count).